The minimum absolute atomic E-state index is 0.114. The van der Waals surface area contributed by atoms with Crippen LogP contribution in [0.5, 0.6) is 0 Å². The second-order valence-corrected chi connectivity index (χ2v) is 3.96. The highest BCUT2D eigenvalue weighted by molar-refractivity contribution is 5.96. The Morgan fingerprint density at radius 2 is 2.00 bits per heavy atom. The van der Waals surface area contributed by atoms with Crippen LogP contribution in [0.1, 0.15) is 17.3 Å². The van der Waals surface area contributed by atoms with Gasteiger partial charge in [0, 0.05) is 5.39 Å². The van der Waals surface area contributed by atoms with Crippen molar-refractivity contribution in [1.29, 1.82) is 0 Å². The Morgan fingerprint density at radius 3 is 2.63 bits per heavy atom. The van der Waals surface area contributed by atoms with E-state index < -0.39 is 18.0 Å². The summed E-state index contributed by atoms with van der Waals surface area (Å²) < 4.78 is 0. The van der Waals surface area contributed by atoms with Crippen molar-refractivity contribution >= 4 is 28.7 Å². The molecule has 0 saturated heterocycles. The predicted octanol–water partition coefficient (Wildman–Crippen LogP) is 1.21. The van der Waals surface area contributed by atoms with Crippen molar-refractivity contribution in [2.45, 2.75) is 13.0 Å². The van der Waals surface area contributed by atoms with Crippen molar-refractivity contribution in [1.82, 2.24) is 9.97 Å². The Balaban J connectivity index is 2.46. The van der Waals surface area contributed by atoms with Crippen LogP contribution in [0.15, 0.2) is 24.5 Å². The van der Waals surface area contributed by atoms with Crippen molar-refractivity contribution < 1.29 is 19.8 Å². The maximum Gasteiger partial charge on any atom is 0.335 e. The average molecular weight is 261 g/mol. The van der Waals surface area contributed by atoms with Crippen molar-refractivity contribution in [2.24, 2.45) is 0 Å². The molecule has 0 aliphatic rings. The molecule has 1 heterocycles. The van der Waals surface area contributed by atoms with Crippen LogP contribution in [0.2, 0.25) is 0 Å². The highest BCUT2D eigenvalue weighted by atomic mass is 16.4. The van der Waals surface area contributed by atoms with Gasteiger partial charge < -0.3 is 15.5 Å². The first kappa shape index (κ1) is 12.7. The Labute approximate surface area is 107 Å². The number of carbonyl (C=O) groups is 2. The lowest BCUT2D eigenvalue weighted by Gasteiger charge is -2.11. The van der Waals surface area contributed by atoms with Crippen molar-refractivity contribution in [3.63, 3.8) is 0 Å². The van der Waals surface area contributed by atoms with E-state index in [0.717, 1.165) is 0 Å². The maximum atomic E-state index is 10.9. The molecule has 98 valence electrons. The quantitative estimate of drug-likeness (QED) is 0.758. The van der Waals surface area contributed by atoms with Gasteiger partial charge in [0.25, 0.3) is 0 Å². The Kier molecular flexibility index (Phi) is 3.28. The number of rotatable bonds is 4. The van der Waals surface area contributed by atoms with Gasteiger partial charge in [-0.2, -0.15) is 0 Å². The van der Waals surface area contributed by atoms with E-state index in [1.165, 1.54) is 25.4 Å². The first-order valence-corrected chi connectivity index (χ1v) is 5.46. The van der Waals surface area contributed by atoms with Crippen molar-refractivity contribution in [3.05, 3.63) is 30.1 Å². The zero-order valence-corrected chi connectivity index (χ0v) is 9.99. The molecule has 19 heavy (non-hydrogen) atoms. The number of carboxylic acid groups (broad SMARTS) is 2. The summed E-state index contributed by atoms with van der Waals surface area (Å²) in [5.41, 5.74) is 0.554. The van der Waals surface area contributed by atoms with Gasteiger partial charge in [-0.05, 0) is 25.1 Å². The van der Waals surface area contributed by atoms with Crippen molar-refractivity contribution in [2.75, 3.05) is 5.32 Å². The second-order valence-electron chi connectivity index (χ2n) is 3.96. The maximum absolute atomic E-state index is 10.9. The molecule has 0 spiro atoms. The molecule has 0 amide bonds. The van der Waals surface area contributed by atoms with E-state index in [4.69, 9.17) is 10.2 Å². The monoisotopic (exact) mass is 261 g/mol. The molecule has 7 nitrogen and oxygen atoms in total. The van der Waals surface area contributed by atoms with Gasteiger partial charge in [0.05, 0.1) is 11.1 Å². The molecule has 2 aromatic rings. The lowest BCUT2D eigenvalue weighted by atomic mass is 10.1. The summed E-state index contributed by atoms with van der Waals surface area (Å²) in [6.45, 7) is 1.49. The third kappa shape index (κ3) is 2.59. The van der Waals surface area contributed by atoms with Crippen LogP contribution >= 0.6 is 0 Å². The summed E-state index contributed by atoms with van der Waals surface area (Å²) in [6, 6.07) is 3.58. The minimum atomic E-state index is -1.05. The number of aliphatic carboxylic acids is 1. The molecule has 0 radical (unpaired) electrons. The summed E-state index contributed by atoms with van der Waals surface area (Å²) in [5, 5.41) is 21.0. The molecule has 1 aromatic heterocycles. The first-order valence-electron chi connectivity index (χ1n) is 5.46. The molecule has 1 aromatic carbocycles. The number of hydrogen-bond donors (Lipinski definition) is 3. The lowest BCUT2D eigenvalue weighted by molar-refractivity contribution is -0.137. The normalized spacial score (nSPS) is 12.1. The third-order valence-corrected chi connectivity index (χ3v) is 2.61. The zero-order chi connectivity index (χ0) is 14.0. The molecule has 1 atom stereocenters. The van der Waals surface area contributed by atoms with E-state index in [-0.39, 0.29) is 5.56 Å². The number of benzene rings is 1. The smallest absolute Gasteiger partial charge is 0.335 e. The fraction of sp³-hybridized carbons (Fsp3) is 0.167. The number of nitrogens with one attached hydrogen (secondary N) is 1. The number of anilines is 1. The standard InChI is InChI=1S/C12H11N3O4/c1-6(11(16)17)15-10-8-3-2-7(12(18)19)4-9(8)13-5-14-10/h2-6H,1H3,(H,16,17)(H,18,19)(H,13,14,15). The molecule has 0 fully saturated rings. The van der Waals surface area contributed by atoms with Gasteiger partial charge in [-0.1, -0.05) is 0 Å². The molecule has 0 aliphatic heterocycles. The van der Waals surface area contributed by atoms with Gasteiger partial charge in [0.15, 0.2) is 0 Å². The average Bonchev–Trinajstić information content (AvgIpc) is 2.38. The molecular weight excluding hydrogens is 250 g/mol. The van der Waals surface area contributed by atoms with E-state index >= 15 is 0 Å². The topological polar surface area (TPSA) is 112 Å². The van der Waals surface area contributed by atoms with Gasteiger partial charge in [0.2, 0.25) is 0 Å². The molecule has 0 saturated carbocycles. The van der Waals surface area contributed by atoms with Crippen LogP contribution in [-0.2, 0) is 4.79 Å². The number of fused-ring (bicyclic) bond motifs is 1. The lowest BCUT2D eigenvalue weighted by Crippen LogP contribution is -2.26. The van der Waals surface area contributed by atoms with Gasteiger partial charge in [-0.25, -0.2) is 14.8 Å². The molecule has 2 rings (SSSR count). The summed E-state index contributed by atoms with van der Waals surface area (Å²) in [7, 11) is 0. The first-order chi connectivity index (χ1) is 8.99. The number of nitrogens with zero attached hydrogens (tertiary/aromatic N) is 2. The molecule has 0 bridgehead atoms. The van der Waals surface area contributed by atoms with Crippen LogP contribution in [-0.4, -0.2) is 38.2 Å². The van der Waals surface area contributed by atoms with Crippen LogP contribution in [0.3, 0.4) is 0 Å². The molecule has 1 unspecified atom stereocenters. The summed E-state index contributed by atoms with van der Waals surface area (Å²) in [5.74, 6) is -1.69. The van der Waals surface area contributed by atoms with Crippen LogP contribution in [0.25, 0.3) is 10.9 Å². The van der Waals surface area contributed by atoms with E-state index in [9.17, 15) is 9.59 Å². The van der Waals surface area contributed by atoms with Gasteiger partial charge in [-0.15, -0.1) is 0 Å². The van der Waals surface area contributed by atoms with E-state index in [2.05, 4.69) is 15.3 Å². The SMILES string of the molecule is CC(Nc1ncnc2cc(C(=O)O)ccc12)C(=O)O. The second kappa shape index (κ2) is 4.89. The molecule has 7 heteroatoms. The summed E-state index contributed by atoms with van der Waals surface area (Å²) >= 11 is 0. The Hall–Kier alpha value is -2.70. The van der Waals surface area contributed by atoms with Crippen LogP contribution in [0, 0.1) is 0 Å². The van der Waals surface area contributed by atoms with E-state index in [0.29, 0.717) is 16.7 Å². The zero-order valence-electron chi connectivity index (χ0n) is 9.99. The fourth-order valence-electron chi connectivity index (χ4n) is 1.57. The highest BCUT2D eigenvalue weighted by Crippen LogP contribution is 2.21. The van der Waals surface area contributed by atoms with E-state index in [1.54, 1.807) is 6.07 Å². The predicted molar refractivity (Wildman–Crippen MR) is 67.2 cm³/mol. The largest absolute Gasteiger partial charge is 0.480 e. The molecule has 0 aliphatic carbocycles. The Morgan fingerprint density at radius 1 is 1.26 bits per heavy atom. The Bertz CT molecular complexity index is 656. The fourth-order valence-corrected chi connectivity index (χ4v) is 1.57. The van der Waals surface area contributed by atoms with Gasteiger partial charge >= 0.3 is 11.9 Å². The van der Waals surface area contributed by atoms with Gasteiger partial charge in [-0.3, -0.25) is 4.79 Å². The van der Waals surface area contributed by atoms with Crippen LogP contribution < -0.4 is 5.32 Å². The van der Waals surface area contributed by atoms with Crippen molar-refractivity contribution in [3.8, 4) is 0 Å². The molecular formula is C12H11N3O4. The number of aromatic carboxylic acids is 1. The number of carboxylic acids is 2. The van der Waals surface area contributed by atoms with Gasteiger partial charge in [0.1, 0.15) is 18.2 Å². The van der Waals surface area contributed by atoms with Crippen LogP contribution in [0.4, 0.5) is 5.82 Å². The highest BCUT2D eigenvalue weighted by Gasteiger charge is 2.14. The molecule has 3 N–H and O–H groups in total. The number of aromatic nitrogens is 2. The summed E-state index contributed by atoms with van der Waals surface area (Å²) in [6.07, 6.45) is 1.25. The summed E-state index contributed by atoms with van der Waals surface area (Å²) in [4.78, 5) is 29.6. The third-order valence-electron chi connectivity index (χ3n) is 2.61. The van der Waals surface area contributed by atoms with E-state index in [1.807, 2.05) is 0 Å². The number of hydrogen-bond acceptors (Lipinski definition) is 5. The minimum Gasteiger partial charge on any atom is -0.480 e.